The number of hydrogen-bond acceptors (Lipinski definition) is 1. The molecular formula is C13H15N2+. The molecule has 2 rings (SSSR count). The molecule has 0 atom stereocenters. The first-order valence-electron chi connectivity index (χ1n) is 5.06. The number of aromatic nitrogens is 2. The van der Waals surface area contributed by atoms with E-state index >= 15 is 0 Å². The highest BCUT2D eigenvalue weighted by Gasteiger charge is 2.04. The zero-order chi connectivity index (χ0) is 10.8. The molecule has 2 aromatic rings. The largest absolute Gasteiger partial charge is 0.256 e. The van der Waals surface area contributed by atoms with Crippen LogP contribution in [0.2, 0.25) is 0 Å². The Kier molecular flexibility index (Phi) is 2.50. The van der Waals surface area contributed by atoms with Crippen molar-refractivity contribution in [2.24, 2.45) is 7.05 Å². The SMILES string of the molecule is Cc1ccc(-c2cc[n+](C)c(C)c2)nc1. The van der Waals surface area contributed by atoms with E-state index in [1.54, 1.807) is 0 Å². The van der Waals surface area contributed by atoms with Crippen LogP contribution < -0.4 is 4.57 Å². The molecule has 76 valence electrons. The average Bonchev–Trinajstić information content (AvgIpc) is 2.23. The van der Waals surface area contributed by atoms with E-state index in [1.807, 2.05) is 20.2 Å². The fourth-order valence-electron chi connectivity index (χ4n) is 1.48. The van der Waals surface area contributed by atoms with Crippen LogP contribution in [0.4, 0.5) is 0 Å². The number of aryl methyl sites for hydroxylation is 3. The summed E-state index contributed by atoms with van der Waals surface area (Å²) in [4.78, 5) is 4.41. The molecule has 0 amide bonds. The third-order valence-electron chi connectivity index (χ3n) is 2.61. The zero-order valence-electron chi connectivity index (χ0n) is 9.36. The van der Waals surface area contributed by atoms with Gasteiger partial charge in [-0.05, 0) is 18.6 Å². The van der Waals surface area contributed by atoms with Crippen molar-refractivity contribution in [3.8, 4) is 11.3 Å². The molecule has 0 N–H and O–H groups in total. The molecule has 0 spiro atoms. The summed E-state index contributed by atoms with van der Waals surface area (Å²) in [6, 6.07) is 8.39. The lowest BCUT2D eigenvalue weighted by atomic mass is 10.1. The summed E-state index contributed by atoms with van der Waals surface area (Å²) in [6.45, 7) is 4.14. The van der Waals surface area contributed by atoms with Crippen LogP contribution in [-0.4, -0.2) is 4.98 Å². The van der Waals surface area contributed by atoms with Gasteiger partial charge in [0.25, 0.3) is 0 Å². The van der Waals surface area contributed by atoms with Gasteiger partial charge < -0.3 is 0 Å². The highest BCUT2D eigenvalue weighted by Crippen LogP contribution is 2.15. The molecule has 2 nitrogen and oxygen atoms in total. The molecule has 2 aromatic heterocycles. The minimum atomic E-state index is 1.03. The Labute approximate surface area is 90.2 Å². The molecular weight excluding hydrogens is 184 g/mol. The first-order chi connectivity index (χ1) is 7.16. The molecule has 0 bridgehead atoms. The Balaban J connectivity index is 2.45. The van der Waals surface area contributed by atoms with E-state index in [1.165, 1.54) is 16.8 Å². The zero-order valence-corrected chi connectivity index (χ0v) is 9.36. The van der Waals surface area contributed by atoms with Crippen LogP contribution in [0.15, 0.2) is 36.7 Å². The highest BCUT2D eigenvalue weighted by atomic mass is 14.9. The Morgan fingerprint density at radius 1 is 1.13 bits per heavy atom. The number of pyridine rings is 2. The van der Waals surface area contributed by atoms with Crippen LogP contribution in [0.25, 0.3) is 11.3 Å². The van der Waals surface area contributed by atoms with Crippen molar-refractivity contribution in [3.05, 3.63) is 47.9 Å². The maximum Gasteiger partial charge on any atom is 0.178 e. The lowest BCUT2D eigenvalue weighted by molar-refractivity contribution is -0.677. The van der Waals surface area contributed by atoms with Crippen molar-refractivity contribution in [2.75, 3.05) is 0 Å². The van der Waals surface area contributed by atoms with Crippen LogP contribution >= 0.6 is 0 Å². The number of nitrogens with zero attached hydrogens (tertiary/aromatic N) is 2. The predicted molar refractivity (Wildman–Crippen MR) is 60.3 cm³/mol. The van der Waals surface area contributed by atoms with E-state index in [0.29, 0.717) is 0 Å². The van der Waals surface area contributed by atoms with Crippen LogP contribution in [0.5, 0.6) is 0 Å². The standard InChI is InChI=1S/C13H15N2/c1-10-4-5-13(14-9-10)12-6-7-15(3)11(2)8-12/h4-9H,1-3H3/q+1. The topological polar surface area (TPSA) is 16.8 Å². The van der Waals surface area contributed by atoms with Crippen molar-refractivity contribution in [3.63, 3.8) is 0 Å². The minimum absolute atomic E-state index is 1.03. The molecule has 0 aliphatic heterocycles. The Morgan fingerprint density at radius 3 is 2.53 bits per heavy atom. The second kappa shape index (κ2) is 3.81. The molecule has 15 heavy (non-hydrogen) atoms. The van der Waals surface area contributed by atoms with Gasteiger partial charge in [-0.3, -0.25) is 4.98 Å². The predicted octanol–water partition coefficient (Wildman–Crippen LogP) is 2.19. The summed E-state index contributed by atoms with van der Waals surface area (Å²) in [5.41, 5.74) is 4.63. The van der Waals surface area contributed by atoms with E-state index in [0.717, 1.165) is 5.69 Å². The van der Waals surface area contributed by atoms with Gasteiger partial charge in [-0.1, -0.05) is 6.07 Å². The van der Waals surface area contributed by atoms with E-state index < -0.39 is 0 Å². The molecule has 0 saturated carbocycles. The number of hydrogen-bond donors (Lipinski definition) is 0. The van der Waals surface area contributed by atoms with Crippen LogP contribution in [0, 0.1) is 13.8 Å². The van der Waals surface area contributed by atoms with E-state index in [4.69, 9.17) is 0 Å². The molecule has 0 radical (unpaired) electrons. The third-order valence-corrected chi connectivity index (χ3v) is 2.61. The van der Waals surface area contributed by atoms with Crippen molar-refractivity contribution in [2.45, 2.75) is 13.8 Å². The van der Waals surface area contributed by atoms with Crippen molar-refractivity contribution in [1.29, 1.82) is 0 Å². The van der Waals surface area contributed by atoms with Gasteiger partial charge in [0.1, 0.15) is 7.05 Å². The summed E-state index contributed by atoms with van der Waals surface area (Å²) in [5.74, 6) is 0. The fraction of sp³-hybridized carbons (Fsp3) is 0.231. The van der Waals surface area contributed by atoms with Crippen LogP contribution in [-0.2, 0) is 7.05 Å². The van der Waals surface area contributed by atoms with Gasteiger partial charge in [0.2, 0.25) is 0 Å². The summed E-state index contributed by atoms with van der Waals surface area (Å²) < 4.78 is 2.09. The smallest absolute Gasteiger partial charge is 0.178 e. The average molecular weight is 199 g/mol. The first-order valence-corrected chi connectivity index (χ1v) is 5.06. The van der Waals surface area contributed by atoms with E-state index in [9.17, 15) is 0 Å². The van der Waals surface area contributed by atoms with Gasteiger partial charge in [-0.25, -0.2) is 4.57 Å². The second-order valence-electron chi connectivity index (χ2n) is 3.89. The van der Waals surface area contributed by atoms with Gasteiger partial charge in [0.15, 0.2) is 11.9 Å². The van der Waals surface area contributed by atoms with Gasteiger partial charge in [0, 0.05) is 30.8 Å². The lowest BCUT2D eigenvalue weighted by Crippen LogP contribution is -2.30. The molecule has 0 unspecified atom stereocenters. The third kappa shape index (κ3) is 2.04. The monoisotopic (exact) mass is 199 g/mol. The van der Waals surface area contributed by atoms with Gasteiger partial charge in [0.05, 0.1) is 5.69 Å². The second-order valence-corrected chi connectivity index (χ2v) is 3.89. The highest BCUT2D eigenvalue weighted by molar-refractivity contribution is 5.58. The van der Waals surface area contributed by atoms with E-state index in [2.05, 4.69) is 46.9 Å². The first kappa shape index (κ1) is 9.84. The van der Waals surface area contributed by atoms with Crippen molar-refractivity contribution < 1.29 is 4.57 Å². The summed E-state index contributed by atoms with van der Waals surface area (Å²) in [7, 11) is 2.04. The maximum absolute atomic E-state index is 4.41. The summed E-state index contributed by atoms with van der Waals surface area (Å²) in [6.07, 6.45) is 3.96. The van der Waals surface area contributed by atoms with Gasteiger partial charge >= 0.3 is 0 Å². The minimum Gasteiger partial charge on any atom is -0.256 e. The van der Waals surface area contributed by atoms with Gasteiger partial charge in [-0.2, -0.15) is 0 Å². The van der Waals surface area contributed by atoms with Crippen molar-refractivity contribution in [1.82, 2.24) is 4.98 Å². The van der Waals surface area contributed by atoms with Crippen molar-refractivity contribution >= 4 is 0 Å². The molecule has 2 heterocycles. The quantitative estimate of drug-likeness (QED) is 0.643. The fourth-order valence-corrected chi connectivity index (χ4v) is 1.48. The molecule has 0 fully saturated rings. The summed E-state index contributed by atoms with van der Waals surface area (Å²) >= 11 is 0. The van der Waals surface area contributed by atoms with Crippen LogP contribution in [0.1, 0.15) is 11.3 Å². The Hall–Kier alpha value is -1.70. The van der Waals surface area contributed by atoms with Gasteiger partial charge in [-0.15, -0.1) is 0 Å². The molecule has 0 saturated heterocycles. The molecule has 0 aromatic carbocycles. The lowest BCUT2D eigenvalue weighted by Gasteiger charge is -2.01. The Morgan fingerprint density at radius 2 is 1.93 bits per heavy atom. The molecule has 0 aliphatic rings. The molecule has 0 aliphatic carbocycles. The molecule has 2 heteroatoms. The summed E-state index contributed by atoms with van der Waals surface area (Å²) in [5, 5.41) is 0. The van der Waals surface area contributed by atoms with Crippen LogP contribution in [0.3, 0.4) is 0 Å². The van der Waals surface area contributed by atoms with E-state index in [-0.39, 0.29) is 0 Å². The maximum atomic E-state index is 4.41. The Bertz CT molecular complexity index is 472. The number of rotatable bonds is 1. The normalized spacial score (nSPS) is 10.3.